The molecule has 0 aliphatic rings. The summed E-state index contributed by atoms with van der Waals surface area (Å²) in [6, 6.07) is 1.45. The van der Waals surface area contributed by atoms with Crippen LogP contribution in [0.3, 0.4) is 0 Å². The van der Waals surface area contributed by atoms with Crippen molar-refractivity contribution in [2.75, 3.05) is 25.5 Å². The first-order valence-electron chi connectivity index (χ1n) is 4.76. The number of likely N-dealkylation sites (N-methyl/N-ethyl adjacent to an activating group) is 2. The Morgan fingerprint density at radius 2 is 2.24 bits per heavy atom. The van der Waals surface area contributed by atoms with E-state index in [1.807, 2.05) is 0 Å². The number of amides is 1. The number of halogens is 1. The van der Waals surface area contributed by atoms with Crippen LogP contribution in [0.15, 0.2) is 16.7 Å². The van der Waals surface area contributed by atoms with Crippen LogP contribution < -0.4 is 10.2 Å². The van der Waals surface area contributed by atoms with Crippen molar-refractivity contribution in [2.24, 2.45) is 0 Å². The summed E-state index contributed by atoms with van der Waals surface area (Å²) in [5, 5.41) is 11.5. The highest BCUT2D eigenvalue weighted by atomic mass is 79.9. The number of nitrogens with zero attached hydrogens (tertiary/aromatic N) is 2. The van der Waals surface area contributed by atoms with Crippen LogP contribution in [0, 0.1) is 0 Å². The number of hydrogen-bond donors (Lipinski definition) is 2. The monoisotopic (exact) mass is 301 g/mol. The Labute approximate surface area is 107 Å². The van der Waals surface area contributed by atoms with E-state index in [1.54, 1.807) is 7.05 Å². The van der Waals surface area contributed by atoms with E-state index in [4.69, 9.17) is 5.11 Å². The molecule has 7 heteroatoms. The van der Waals surface area contributed by atoms with Gasteiger partial charge < -0.3 is 15.3 Å². The lowest BCUT2D eigenvalue weighted by Crippen LogP contribution is -2.34. The van der Waals surface area contributed by atoms with Gasteiger partial charge in [-0.3, -0.25) is 4.79 Å². The number of nitrogens with one attached hydrogen (secondary N) is 1. The fraction of sp³-hybridized carbons (Fsp3) is 0.300. The Morgan fingerprint density at radius 1 is 1.59 bits per heavy atom. The topological polar surface area (TPSA) is 82.5 Å². The Hall–Kier alpha value is -1.63. The number of aromatic nitrogens is 1. The third-order valence-electron chi connectivity index (χ3n) is 2.08. The predicted molar refractivity (Wildman–Crippen MR) is 66.2 cm³/mol. The van der Waals surface area contributed by atoms with Crippen molar-refractivity contribution in [3.8, 4) is 0 Å². The number of pyridine rings is 1. The van der Waals surface area contributed by atoms with Gasteiger partial charge in [0.05, 0.1) is 6.54 Å². The molecule has 1 aromatic heterocycles. The van der Waals surface area contributed by atoms with Gasteiger partial charge in [-0.2, -0.15) is 0 Å². The molecule has 17 heavy (non-hydrogen) atoms. The maximum atomic E-state index is 11.2. The molecule has 0 bridgehead atoms. The number of rotatable bonds is 4. The lowest BCUT2D eigenvalue weighted by molar-refractivity contribution is -0.119. The number of carbonyl (C=O) groups excluding carboxylic acids is 1. The van der Waals surface area contributed by atoms with E-state index in [2.05, 4.69) is 26.2 Å². The van der Waals surface area contributed by atoms with Crippen molar-refractivity contribution in [3.63, 3.8) is 0 Å². The van der Waals surface area contributed by atoms with E-state index in [0.29, 0.717) is 4.47 Å². The SMILES string of the molecule is CNC(=O)CN(C)c1ncc(Br)cc1C(=O)O. The number of aromatic carboxylic acids is 1. The summed E-state index contributed by atoms with van der Waals surface area (Å²) in [7, 11) is 3.13. The van der Waals surface area contributed by atoms with Crippen LogP contribution in [0.5, 0.6) is 0 Å². The molecule has 1 heterocycles. The fourth-order valence-electron chi connectivity index (χ4n) is 1.26. The van der Waals surface area contributed by atoms with Crippen LogP contribution in [-0.4, -0.2) is 42.6 Å². The molecular formula is C10H12BrN3O3. The van der Waals surface area contributed by atoms with Gasteiger partial charge in [-0.05, 0) is 22.0 Å². The molecule has 92 valence electrons. The van der Waals surface area contributed by atoms with E-state index in [9.17, 15) is 9.59 Å². The fourth-order valence-corrected chi connectivity index (χ4v) is 1.59. The molecule has 0 atom stereocenters. The summed E-state index contributed by atoms with van der Waals surface area (Å²) < 4.78 is 0.576. The molecule has 6 nitrogen and oxygen atoms in total. The van der Waals surface area contributed by atoms with Gasteiger partial charge in [-0.15, -0.1) is 0 Å². The second-order valence-electron chi connectivity index (χ2n) is 3.36. The predicted octanol–water partition coefficient (Wildman–Crippen LogP) is 0.724. The highest BCUT2D eigenvalue weighted by molar-refractivity contribution is 9.10. The number of anilines is 1. The number of hydrogen-bond acceptors (Lipinski definition) is 4. The molecule has 0 aliphatic carbocycles. The highest BCUT2D eigenvalue weighted by Gasteiger charge is 2.17. The van der Waals surface area contributed by atoms with Crippen LogP contribution >= 0.6 is 15.9 Å². The van der Waals surface area contributed by atoms with Crippen molar-refractivity contribution in [2.45, 2.75) is 0 Å². The first-order chi connectivity index (χ1) is 7.95. The van der Waals surface area contributed by atoms with E-state index >= 15 is 0 Å². The zero-order chi connectivity index (χ0) is 13.0. The summed E-state index contributed by atoms with van der Waals surface area (Å²) in [5.41, 5.74) is 0.0470. The van der Waals surface area contributed by atoms with E-state index in [1.165, 1.54) is 24.2 Å². The molecule has 0 saturated carbocycles. The molecule has 0 aliphatic heterocycles. The summed E-state index contributed by atoms with van der Waals surface area (Å²) in [4.78, 5) is 27.7. The average Bonchev–Trinajstić information content (AvgIpc) is 2.28. The number of carbonyl (C=O) groups is 2. The minimum Gasteiger partial charge on any atom is -0.478 e. The molecule has 0 fully saturated rings. The average molecular weight is 302 g/mol. The van der Waals surface area contributed by atoms with Crippen LogP contribution in [0.4, 0.5) is 5.82 Å². The molecule has 1 rings (SSSR count). The molecule has 0 unspecified atom stereocenters. The first kappa shape index (κ1) is 13.4. The van der Waals surface area contributed by atoms with Crippen molar-refractivity contribution in [3.05, 3.63) is 22.3 Å². The van der Waals surface area contributed by atoms with Gasteiger partial charge >= 0.3 is 5.97 Å². The van der Waals surface area contributed by atoms with Crippen molar-refractivity contribution < 1.29 is 14.7 Å². The zero-order valence-corrected chi connectivity index (χ0v) is 11.0. The standard InChI is InChI=1S/C10H12BrN3O3/c1-12-8(15)5-14(2)9-7(10(16)17)3-6(11)4-13-9/h3-4H,5H2,1-2H3,(H,12,15)(H,16,17). The van der Waals surface area contributed by atoms with Crippen LogP contribution in [0.1, 0.15) is 10.4 Å². The maximum absolute atomic E-state index is 11.2. The molecule has 0 saturated heterocycles. The molecule has 1 aromatic rings. The van der Waals surface area contributed by atoms with Gasteiger partial charge in [0.2, 0.25) is 5.91 Å². The Kier molecular flexibility index (Phi) is 4.45. The number of carboxylic acid groups (broad SMARTS) is 1. The third-order valence-corrected chi connectivity index (χ3v) is 2.52. The van der Waals surface area contributed by atoms with Gasteiger partial charge in [0.25, 0.3) is 0 Å². The number of carboxylic acids is 1. The summed E-state index contributed by atoms with van der Waals surface area (Å²) in [6.45, 7) is 0.0470. The molecule has 0 aromatic carbocycles. The van der Waals surface area contributed by atoms with Gasteiger partial charge in [0.15, 0.2) is 0 Å². The second kappa shape index (κ2) is 5.62. The van der Waals surface area contributed by atoms with Crippen LogP contribution in [0.2, 0.25) is 0 Å². The maximum Gasteiger partial charge on any atom is 0.339 e. The van der Waals surface area contributed by atoms with Crippen molar-refractivity contribution in [1.82, 2.24) is 10.3 Å². The van der Waals surface area contributed by atoms with E-state index in [0.717, 1.165) is 0 Å². The van der Waals surface area contributed by atoms with Crippen molar-refractivity contribution in [1.29, 1.82) is 0 Å². The largest absolute Gasteiger partial charge is 0.478 e. The smallest absolute Gasteiger partial charge is 0.339 e. The minimum absolute atomic E-state index is 0.0470. The van der Waals surface area contributed by atoms with Crippen LogP contribution in [0.25, 0.3) is 0 Å². The Morgan fingerprint density at radius 3 is 2.76 bits per heavy atom. The summed E-state index contributed by atoms with van der Waals surface area (Å²) in [5.74, 6) is -1.05. The van der Waals surface area contributed by atoms with Gasteiger partial charge in [-0.25, -0.2) is 9.78 Å². The van der Waals surface area contributed by atoms with Gasteiger partial charge in [0.1, 0.15) is 11.4 Å². The van der Waals surface area contributed by atoms with Crippen LogP contribution in [-0.2, 0) is 4.79 Å². The molecule has 0 radical (unpaired) electrons. The van der Waals surface area contributed by atoms with E-state index < -0.39 is 5.97 Å². The molecule has 2 N–H and O–H groups in total. The van der Waals surface area contributed by atoms with Crippen molar-refractivity contribution >= 4 is 33.6 Å². The molecule has 0 spiro atoms. The Bertz CT molecular complexity index is 450. The second-order valence-corrected chi connectivity index (χ2v) is 4.27. The third kappa shape index (κ3) is 3.42. The molecular weight excluding hydrogens is 290 g/mol. The van der Waals surface area contributed by atoms with Gasteiger partial charge in [0, 0.05) is 24.8 Å². The van der Waals surface area contributed by atoms with Gasteiger partial charge in [-0.1, -0.05) is 0 Å². The zero-order valence-electron chi connectivity index (χ0n) is 9.40. The highest BCUT2D eigenvalue weighted by Crippen LogP contribution is 2.20. The molecule has 1 amide bonds. The Balaban J connectivity index is 3.04. The minimum atomic E-state index is -1.09. The van der Waals surface area contributed by atoms with E-state index in [-0.39, 0.29) is 23.8 Å². The first-order valence-corrected chi connectivity index (χ1v) is 5.55. The summed E-state index contributed by atoms with van der Waals surface area (Å²) in [6.07, 6.45) is 1.49. The normalized spacial score (nSPS) is 9.82. The quantitative estimate of drug-likeness (QED) is 0.856. The lowest BCUT2D eigenvalue weighted by atomic mass is 10.2. The lowest BCUT2D eigenvalue weighted by Gasteiger charge is -2.18. The summed E-state index contributed by atoms with van der Waals surface area (Å²) >= 11 is 3.15.